The van der Waals surface area contributed by atoms with Crippen molar-refractivity contribution in [2.45, 2.75) is 85.2 Å². The Labute approximate surface area is 162 Å². The Balaban J connectivity index is 2.29. The van der Waals surface area contributed by atoms with Crippen LogP contribution >= 0.6 is 0 Å². The molecule has 1 aliphatic rings. The van der Waals surface area contributed by atoms with Gasteiger partial charge in [0.1, 0.15) is 11.4 Å². The van der Waals surface area contributed by atoms with Crippen LogP contribution in [-0.2, 0) is 14.0 Å². The minimum absolute atomic E-state index is 0.0580. The summed E-state index contributed by atoms with van der Waals surface area (Å²) in [5.74, 6) is 0.0580. The van der Waals surface area contributed by atoms with Gasteiger partial charge >= 0.3 is 13.2 Å². The lowest BCUT2D eigenvalue weighted by Crippen LogP contribution is -2.41. The Morgan fingerprint density at radius 3 is 2.19 bits per heavy atom. The number of phenols is 1. The highest BCUT2D eigenvalue weighted by atomic mass is 16.7. The van der Waals surface area contributed by atoms with Crippen LogP contribution in [0.15, 0.2) is 12.1 Å². The van der Waals surface area contributed by atoms with Gasteiger partial charge in [0.2, 0.25) is 0 Å². The van der Waals surface area contributed by atoms with Crippen LogP contribution in [0, 0.1) is 6.92 Å². The van der Waals surface area contributed by atoms with Gasteiger partial charge in [0.15, 0.2) is 0 Å². The number of amides is 1. The predicted molar refractivity (Wildman–Crippen MR) is 106 cm³/mol. The maximum absolute atomic E-state index is 12.1. The Bertz CT molecular complexity index is 708. The van der Waals surface area contributed by atoms with Crippen molar-refractivity contribution in [2.75, 3.05) is 0 Å². The van der Waals surface area contributed by atoms with Crippen LogP contribution in [0.25, 0.3) is 0 Å². The number of aromatic hydroxyl groups is 1. The van der Waals surface area contributed by atoms with Crippen molar-refractivity contribution in [3.63, 3.8) is 0 Å². The van der Waals surface area contributed by atoms with Gasteiger partial charge in [0.05, 0.1) is 17.2 Å². The molecular formula is C20H32BNO5. The number of carbonyl (C=O) groups excluding carboxylic acids is 1. The van der Waals surface area contributed by atoms with Crippen molar-refractivity contribution >= 4 is 18.7 Å². The lowest BCUT2D eigenvalue weighted by Gasteiger charge is -2.32. The molecule has 0 saturated carbocycles. The molecule has 0 unspecified atom stereocenters. The molecule has 1 amide bonds. The fourth-order valence-corrected chi connectivity index (χ4v) is 2.88. The third-order valence-electron chi connectivity index (χ3n) is 5.02. The van der Waals surface area contributed by atoms with Crippen LogP contribution in [0.4, 0.5) is 4.79 Å². The van der Waals surface area contributed by atoms with Gasteiger partial charge in [-0.2, -0.15) is 0 Å². The van der Waals surface area contributed by atoms with Gasteiger partial charge in [0.25, 0.3) is 0 Å². The van der Waals surface area contributed by atoms with Crippen LogP contribution in [0.2, 0.25) is 0 Å². The zero-order chi connectivity index (χ0) is 20.8. The van der Waals surface area contributed by atoms with E-state index in [9.17, 15) is 9.90 Å². The normalized spacial score (nSPS) is 19.7. The standard InChI is InChI=1S/C20H32BNO5/c1-12-10-14(13(2)22-17(24)25-18(3,4)5)16(23)15(11-12)21-26-19(6,7)20(8,9)27-21/h10-11,13,23H,1-9H3,(H,22,24)/t13-/m1/s1. The van der Waals surface area contributed by atoms with Crippen molar-refractivity contribution in [1.82, 2.24) is 5.32 Å². The minimum atomic E-state index is -0.678. The van der Waals surface area contributed by atoms with Crippen LogP contribution in [-0.4, -0.2) is 35.1 Å². The Hall–Kier alpha value is -1.73. The van der Waals surface area contributed by atoms with Crippen molar-refractivity contribution in [3.05, 3.63) is 23.3 Å². The van der Waals surface area contributed by atoms with Gasteiger partial charge in [0, 0.05) is 11.0 Å². The second-order valence-corrected chi connectivity index (χ2v) is 9.25. The Morgan fingerprint density at radius 1 is 1.19 bits per heavy atom. The fraction of sp³-hybridized carbons (Fsp3) is 0.650. The monoisotopic (exact) mass is 377 g/mol. The largest absolute Gasteiger partial charge is 0.508 e. The first-order valence-electron chi connectivity index (χ1n) is 9.31. The number of aryl methyl sites for hydroxylation is 1. The quantitative estimate of drug-likeness (QED) is 0.788. The molecule has 27 heavy (non-hydrogen) atoms. The van der Waals surface area contributed by atoms with Crippen LogP contribution < -0.4 is 10.8 Å². The lowest BCUT2D eigenvalue weighted by atomic mass is 9.76. The molecule has 6 nitrogen and oxygen atoms in total. The SMILES string of the molecule is Cc1cc(B2OC(C)(C)C(C)(C)O2)c(O)c([C@@H](C)NC(=O)OC(C)(C)C)c1. The summed E-state index contributed by atoms with van der Waals surface area (Å²) in [4.78, 5) is 12.1. The molecule has 0 bridgehead atoms. The number of hydrogen-bond donors (Lipinski definition) is 2. The zero-order valence-corrected chi connectivity index (χ0v) is 17.9. The molecule has 1 aliphatic heterocycles. The van der Waals surface area contributed by atoms with Gasteiger partial charge < -0.3 is 24.5 Å². The van der Waals surface area contributed by atoms with Crippen molar-refractivity contribution < 1.29 is 23.9 Å². The van der Waals surface area contributed by atoms with Crippen LogP contribution in [0.5, 0.6) is 5.75 Å². The maximum atomic E-state index is 12.1. The first-order valence-corrected chi connectivity index (χ1v) is 9.31. The van der Waals surface area contributed by atoms with E-state index in [4.69, 9.17) is 14.0 Å². The first-order chi connectivity index (χ1) is 12.1. The van der Waals surface area contributed by atoms with E-state index in [1.807, 2.05) is 46.8 Å². The van der Waals surface area contributed by atoms with Gasteiger partial charge in [-0.3, -0.25) is 0 Å². The molecule has 1 aromatic carbocycles. The third kappa shape index (κ3) is 4.77. The number of benzene rings is 1. The predicted octanol–water partition coefficient (Wildman–Crippen LogP) is 3.59. The average Bonchev–Trinajstić information content (AvgIpc) is 2.67. The van der Waals surface area contributed by atoms with E-state index in [1.165, 1.54) is 0 Å². The van der Waals surface area contributed by atoms with Gasteiger partial charge in [-0.25, -0.2) is 4.79 Å². The molecule has 0 spiro atoms. The van der Waals surface area contributed by atoms with E-state index in [1.54, 1.807) is 27.7 Å². The van der Waals surface area contributed by atoms with E-state index in [2.05, 4.69) is 5.32 Å². The molecule has 0 radical (unpaired) electrons. The molecule has 1 fully saturated rings. The number of phenolic OH excluding ortho intramolecular Hbond substituents is 1. The van der Waals surface area contributed by atoms with Crippen molar-refractivity contribution in [2.24, 2.45) is 0 Å². The van der Waals surface area contributed by atoms with E-state index >= 15 is 0 Å². The Morgan fingerprint density at radius 2 is 1.70 bits per heavy atom. The highest BCUT2D eigenvalue weighted by Crippen LogP contribution is 2.38. The summed E-state index contributed by atoms with van der Waals surface area (Å²) in [5.41, 5.74) is 0.479. The number of ether oxygens (including phenoxy) is 1. The van der Waals surface area contributed by atoms with Gasteiger partial charge in [-0.1, -0.05) is 17.7 Å². The molecule has 2 rings (SSSR count). The molecule has 7 heteroatoms. The molecule has 1 atom stereocenters. The van der Waals surface area contributed by atoms with Gasteiger partial charge in [-0.05, 0) is 62.3 Å². The third-order valence-corrected chi connectivity index (χ3v) is 5.02. The number of hydrogen-bond acceptors (Lipinski definition) is 5. The fourth-order valence-electron chi connectivity index (χ4n) is 2.88. The summed E-state index contributed by atoms with van der Waals surface area (Å²) in [5, 5.41) is 13.6. The average molecular weight is 377 g/mol. The maximum Gasteiger partial charge on any atom is 0.498 e. The Kier molecular flexibility index (Phi) is 5.61. The highest BCUT2D eigenvalue weighted by Gasteiger charge is 2.52. The van der Waals surface area contributed by atoms with Crippen molar-refractivity contribution in [1.29, 1.82) is 0 Å². The summed E-state index contributed by atoms with van der Waals surface area (Å²) < 4.78 is 17.5. The number of rotatable bonds is 3. The van der Waals surface area contributed by atoms with Crippen LogP contribution in [0.1, 0.15) is 72.6 Å². The molecule has 1 heterocycles. The van der Waals surface area contributed by atoms with Crippen molar-refractivity contribution in [3.8, 4) is 5.75 Å². The van der Waals surface area contributed by atoms with Crippen LogP contribution in [0.3, 0.4) is 0 Å². The summed E-state index contributed by atoms with van der Waals surface area (Å²) in [6.45, 7) is 17.0. The molecule has 2 N–H and O–H groups in total. The first kappa shape index (κ1) is 21.6. The zero-order valence-electron chi connectivity index (χ0n) is 17.9. The summed E-state index contributed by atoms with van der Waals surface area (Å²) in [7, 11) is -0.678. The van der Waals surface area contributed by atoms with E-state index in [-0.39, 0.29) is 5.75 Å². The van der Waals surface area contributed by atoms with E-state index < -0.39 is 36.1 Å². The second-order valence-electron chi connectivity index (χ2n) is 9.25. The molecule has 150 valence electrons. The van der Waals surface area contributed by atoms with E-state index in [0.29, 0.717) is 11.0 Å². The number of carbonyl (C=O) groups is 1. The summed E-state index contributed by atoms with van der Waals surface area (Å²) in [6.07, 6.45) is -0.534. The molecule has 0 aliphatic carbocycles. The highest BCUT2D eigenvalue weighted by molar-refractivity contribution is 6.63. The topological polar surface area (TPSA) is 77.0 Å². The smallest absolute Gasteiger partial charge is 0.498 e. The second kappa shape index (κ2) is 7.02. The molecule has 0 aromatic heterocycles. The molecular weight excluding hydrogens is 345 g/mol. The molecule has 1 aromatic rings. The van der Waals surface area contributed by atoms with Gasteiger partial charge in [-0.15, -0.1) is 0 Å². The minimum Gasteiger partial charge on any atom is -0.508 e. The summed E-state index contributed by atoms with van der Waals surface area (Å²) >= 11 is 0. The summed E-state index contributed by atoms with van der Waals surface area (Å²) in [6, 6.07) is 3.24. The number of nitrogens with one attached hydrogen (secondary N) is 1. The van der Waals surface area contributed by atoms with E-state index in [0.717, 1.165) is 5.56 Å². The lowest BCUT2D eigenvalue weighted by molar-refractivity contribution is 0.00578. The number of alkyl carbamates (subject to hydrolysis) is 1. The molecule has 1 saturated heterocycles.